The maximum absolute atomic E-state index is 12.5. The zero-order chi connectivity index (χ0) is 17.3. The van der Waals surface area contributed by atoms with Crippen LogP contribution >= 0.6 is 11.6 Å². The van der Waals surface area contributed by atoms with Crippen molar-refractivity contribution in [1.82, 2.24) is 10.2 Å². The van der Waals surface area contributed by atoms with Gasteiger partial charge in [-0.2, -0.15) is 0 Å². The number of nitrogens with one attached hydrogen (secondary N) is 1. The molecule has 24 heavy (non-hydrogen) atoms. The van der Waals surface area contributed by atoms with E-state index in [1.54, 1.807) is 0 Å². The van der Waals surface area contributed by atoms with E-state index in [0.717, 1.165) is 48.5 Å². The van der Waals surface area contributed by atoms with E-state index in [1.807, 2.05) is 24.3 Å². The molecular weight excluding hydrogens is 320 g/mol. The summed E-state index contributed by atoms with van der Waals surface area (Å²) in [6.45, 7) is 10.0. The largest absolute Gasteiger partial charge is 0.352 e. The molecule has 132 valence electrons. The fourth-order valence-electron chi connectivity index (χ4n) is 4.33. The lowest BCUT2D eigenvalue weighted by Crippen LogP contribution is -2.47. The minimum atomic E-state index is 0.0894. The van der Waals surface area contributed by atoms with Gasteiger partial charge in [0.05, 0.1) is 0 Å². The number of likely N-dealkylation sites (tertiary alicyclic amines) is 1. The first-order valence-corrected chi connectivity index (χ1v) is 9.59. The van der Waals surface area contributed by atoms with Gasteiger partial charge >= 0.3 is 0 Å². The number of nitrogens with zero attached hydrogens (tertiary/aromatic N) is 1. The van der Waals surface area contributed by atoms with Crippen molar-refractivity contribution >= 4 is 17.5 Å². The summed E-state index contributed by atoms with van der Waals surface area (Å²) in [5, 5.41) is 3.99. The first-order valence-electron chi connectivity index (χ1n) is 9.21. The van der Waals surface area contributed by atoms with Crippen molar-refractivity contribution in [3.63, 3.8) is 0 Å². The van der Waals surface area contributed by atoms with Gasteiger partial charge in [0.1, 0.15) is 0 Å². The molecule has 1 aromatic carbocycles. The van der Waals surface area contributed by atoms with Gasteiger partial charge in [0.25, 0.3) is 0 Å². The van der Waals surface area contributed by atoms with E-state index < -0.39 is 0 Å². The molecule has 0 radical (unpaired) electrons. The number of halogens is 1. The molecule has 1 aromatic rings. The van der Waals surface area contributed by atoms with Crippen LogP contribution < -0.4 is 5.32 Å². The summed E-state index contributed by atoms with van der Waals surface area (Å²) in [6, 6.07) is 8.08. The average Bonchev–Trinajstić information content (AvgIpc) is 3.26. The number of amides is 1. The highest BCUT2D eigenvalue weighted by atomic mass is 35.5. The van der Waals surface area contributed by atoms with Gasteiger partial charge in [0, 0.05) is 36.6 Å². The second-order valence-electron chi connectivity index (χ2n) is 8.04. The lowest BCUT2D eigenvalue weighted by molar-refractivity contribution is -0.123. The van der Waals surface area contributed by atoms with Gasteiger partial charge in [-0.05, 0) is 49.1 Å². The Labute approximate surface area is 150 Å². The molecular formula is C20H29ClN2O. The minimum absolute atomic E-state index is 0.0894. The molecule has 5 unspecified atom stereocenters. The molecule has 0 bridgehead atoms. The Morgan fingerprint density at radius 2 is 1.92 bits per heavy atom. The summed E-state index contributed by atoms with van der Waals surface area (Å²) >= 11 is 6.25. The van der Waals surface area contributed by atoms with Crippen LogP contribution in [0.3, 0.4) is 0 Å². The van der Waals surface area contributed by atoms with Crippen molar-refractivity contribution in [3.05, 3.63) is 34.9 Å². The number of carbonyl (C=O) groups excluding carboxylic acids is 1. The third-order valence-corrected chi connectivity index (χ3v) is 5.64. The minimum Gasteiger partial charge on any atom is -0.352 e. The maximum Gasteiger partial charge on any atom is 0.224 e. The predicted molar refractivity (Wildman–Crippen MR) is 99.3 cm³/mol. The summed E-state index contributed by atoms with van der Waals surface area (Å²) in [7, 11) is 0. The van der Waals surface area contributed by atoms with Crippen LogP contribution in [-0.4, -0.2) is 36.5 Å². The standard InChI is InChI=1S/C20H29ClN2O/c1-13-8-14(2)11-23(10-13)12-15(3)22-20(24)18-9-17(18)16-6-4-5-7-19(16)21/h4-7,13-15,17-18H,8-12H2,1-3H3,(H,22,24). The Morgan fingerprint density at radius 1 is 1.25 bits per heavy atom. The van der Waals surface area contributed by atoms with Crippen molar-refractivity contribution in [2.24, 2.45) is 17.8 Å². The molecule has 3 nitrogen and oxygen atoms in total. The van der Waals surface area contributed by atoms with Crippen molar-refractivity contribution < 1.29 is 4.79 Å². The molecule has 1 N–H and O–H groups in total. The number of carbonyl (C=O) groups is 1. The van der Waals surface area contributed by atoms with E-state index >= 15 is 0 Å². The zero-order valence-corrected chi connectivity index (χ0v) is 15.7. The van der Waals surface area contributed by atoms with Gasteiger partial charge in [-0.15, -0.1) is 0 Å². The molecule has 1 aliphatic heterocycles. The summed E-state index contributed by atoms with van der Waals surface area (Å²) in [5.41, 5.74) is 1.12. The summed E-state index contributed by atoms with van der Waals surface area (Å²) in [4.78, 5) is 15.0. The highest BCUT2D eigenvalue weighted by molar-refractivity contribution is 6.31. The number of rotatable bonds is 5. The first-order chi connectivity index (χ1) is 11.4. The van der Waals surface area contributed by atoms with E-state index in [0.29, 0.717) is 5.92 Å². The molecule has 2 aliphatic rings. The van der Waals surface area contributed by atoms with E-state index in [9.17, 15) is 4.79 Å². The lowest BCUT2D eigenvalue weighted by atomic mass is 9.92. The average molecular weight is 349 g/mol. The molecule has 1 saturated heterocycles. The summed E-state index contributed by atoms with van der Waals surface area (Å²) in [6.07, 6.45) is 2.24. The van der Waals surface area contributed by atoms with Gasteiger partial charge in [0.2, 0.25) is 5.91 Å². The van der Waals surface area contributed by atoms with Crippen molar-refractivity contribution in [2.75, 3.05) is 19.6 Å². The Bertz CT molecular complexity index is 581. The highest BCUT2D eigenvalue weighted by Crippen LogP contribution is 2.49. The molecule has 3 rings (SSSR count). The topological polar surface area (TPSA) is 32.3 Å². The van der Waals surface area contributed by atoms with Crippen LogP contribution in [0, 0.1) is 17.8 Å². The van der Waals surface area contributed by atoms with Crippen LogP contribution in [0.4, 0.5) is 0 Å². The normalized spacial score (nSPS) is 31.5. The first kappa shape index (κ1) is 17.8. The van der Waals surface area contributed by atoms with E-state index in [-0.39, 0.29) is 17.9 Å². The molecule has 2 fully saturated rings. The van der Waals surface area contributed by atoms with Gasteiger partial charge in [0.15, 0.2) is 0 Å². The summed E-state index contributed by atoms with van der Waals surface area (Å²) in [5.74, 6) is 2.08. The Hall–Kier alpha value is -1.06. The van der Waals surface area contributed by atoms with E-state index in [2.05, 4.69) is 31.0 Å². The van der Waals surface area contributed by atoms with Gasteiger partial charge < -0.3 is 10.2 Å². The predicted octanol–water partition coefficient (Wildman–Crippen LogP) is 3.93. The SMILES string of the molecule is CC1CC(C)CN(CC(C)NC(=O)C2CC2c2ccccc2Cl)C1. The maximum atomic E-state index is 12.5. The van der Waals surface area contributed by atoms with Crippen molar-refractivity contribution in [3.8, 4) is 0 Å². The number of benzene rings is 1. The van der Waals surface area contributed by atoms with Crippen LogP contribution in [0.1, 0.15) is 45.1 Å². The molecule has 1 amide bonds. The van der Waals surface area contributed by atoms with Gasteiger partial charge in [-0.3, -0.25) is 4.79 Å². The Morgan fingerprint density at radius 3 is 2.58 bits per heavy atom. The lowest BCUT2D eigenvalue weighted by Gasteiger charge is -2.36. The second-order valence-corrected chi connectivity index (χ2v) is 8.45. The van der Waals surface area contributed by atoms with Crippen LogP contribution in [0.15, 0.2) is 24.3 Å². The van der Waals surface area contributed by atoms with Crippen molar-refractivity contribution in [1.29, 1.82) is 0 Å². The Kier molecular flexibility index (Phi) is 5.51. The van der Waals surface area contributed by atoms with Crippen molar-refractivity contribution in [2.45, 2.75) is 45.6 Å². The third kappa shape index (κ3) is 4.31. The van der Waals surface area contributed by atoms with Gasteiger partial charge in [-0.25, -0.2) is 0 Å². The number of hydrogen-bond acceptors (Lipinski definition) is 2. The number of piperidine rings is 1. The fraction of sp³-hybridized carbons (Fsp3) is 0.650. The third-order valence-electron chi connectivity index (χ3n) is 5.30. The molecule has 4 heteroatoms. The highest BCUT2D eigenvalue weighted by Gasteiger charge is 2.45. The number of hydrogen-bond donors (Lipinski definition) is 1. The monoisotopic (exact) mass is 348 g/mol. The molecule has 1 aliphatic carbocycles. The molecule has 1 saturated carbocycles. The quantitative estimate of drug-likeness (QED) is 0.874. The molecule has 1 heterocycles. The summed E-state index contributed by atoms with van der Waals surface area (Å²) < 4.78 is 0. The molecule has 0 spiro atoms. The smallest absolute Gasteiger partial charge is 0.224 e. The van der Waals surface area contributed by atoms with E-state index in [1.165, 1.54) is 6.42 Å². The second kappa shape index (κ2) is 7.45. The fourth-order valence-corrected chi connectivity index (χ4v) is 4.60. The van der Waals surface area contributed by atoms with Gasteiger partial charge in [-0.1, -0.05) is 43.6 Å². The molecule has 5 atom stereocenters. The van der Waals surface area contributed by atoms with Crippen LogP contribution in [0.5, 0.6) is 0 Å². The molecule has 0 aromatic heterocycles. The zero-order valence-electron chi connectivity index (χ0n) is 15.0. The Balaban J connectivity index is 1.48. The van der Waals surface area contributed by atoms with Crippen LogP contribution in [-0.2, 0) is 4.79 Å². The van der Waals surface area contributed by atoms with Crippen LogP contribution in [0.25, 0.3) is 0 Å². The van der Waals surface area contributed by atoms with Crippen LogP contribution in [0.2, 0.25) is 5.02 Å². The van der Waals surface area contributed by atoms with E-state index in [4.69, 9.17) is 11.6 Å².